The molecule has 1 fully saturated rings. The zero-order valence-electron chi connectivity index (χ0n) is 27.2. The normalized spacial score (nSPS) is 15.2. The van der Waals surface area contributed by atoms with Gasteiger partial charge in [0.05, 0.1) is 11.0 Å². The van der Waals surface area contributed by atoms with Crippen molar-refractivity contribution in [3.8, 4) is 0 Å². The predicted molar refractivity (Wildman–Crippen MR) is 181 cm³/mol. The number of aromatic nitrogens is 2. The predicted octanol–water partition coefficient (Wildman–Crippen LogP) is 8.16. The largest absolute Gasteiger partial charge is 0.341 e. The fraction of sp³-hybridized carbons (Fsp3) is 0.486. The molecule has 0 unspecified atom stereocenters. The van der Waals surface area contributed by atoms with Crippen LogP contribution < -0.4 is 0 Å². The maximum atomic E-state index is 13.9. The van der Waals surface area contributed by atoms with Crippen molar-refractivity contribution in [2.24, 2.45) is 11.8 Å². The van der Waals surface area contributed by atoms with Gasteiger partial charge in [-0.3, -0.25) is 14.5 Å². The Kier molecular flexibility index (Phi) is 11.2. The van der Waals surface area contributed by atoms with E-state index in [1.165, 1.54) is 17.0 Å². The summed E-state index contributed by atoms with van der Waals surface area (Å²) in [5.41, 5.74) is 3.61. The number of ketones is 1. The molecule has 6 nitrogen and oxygen atoms in total. The fourth-order valence-corrected chi connectivity index (χ4v) is 7.42. The highest BCUT2D eigenvalue weighted by Gasteiger charge is 2.29. The van der Waals surface area contributed by atoms with Crippen molar-refractivity contribution in [2.75, 3.05) is 26.2 Å². The summed E-state index contributed by atoms with van der Waals surface area (Å²) in [6, 6.07) is 17.1. The average molecular weight is 631 g/mol. The number of Topliss-reactive ketones (excluding diaryl/α,β-unsaturated/α-hetero) is 1. The molecule has 0 bridgehead atoms. The minimum absolute atomic E-state index is 0.000508. The van der Waals surface area contributed by atoms with E-state index in [0.29, 0.717) is 37.0 Å². The monoisotopic (exact) mass is 630 g/mol. The summed E-state index contributed by atoms with van der Waals surface area (Å²) in [5.74, 6) is 0.833. The first kappa shape index (κ1) is 33.0. The lowest BCUT2D eigenvalue weighted by molar-refractivity contribution is -0.135. The number of hydrogen-bond acceptors (Lipinski definition) is 5. The van der Waals surface area contributed by atoms with Gasteiger partial charge in [0.15, 0.2) is 5.78 Å². The first-order chi connectivity index (χ1) is 21.7. The molecule has 1 aliphatic heterocycles. The minimum atomic E-state index is -0.353. The van der Waals surface area contributed by atoms with Crippen LogP contribution in [0.5, 0.6) is 0 Å². The second-order valence-electron chi connectivity index (χ2n) is 12.9. The first-order valence-electron chi connectivity index (χ1n) is 16.6. The Morgan fingerprint density at radius 1 is 0.978 bits per heavy atom. The van der Waals surface area contributed by atoms with Crippen molar-refractivity contribution >= 4 is 34.1 Å². The molecular weight excluding hydrogens is 583 g/mol. The maximum Gasteiger partial charge on any atom is 0.226 e. The maximum absolute atomic E-state index is 13.9. The Labute approximate surface area is 271 Å². The minimum Gasteiger partial charge on any atom is -0.341 e. The number of fused-ring (bicyclic) bond motifs is 1. The van der Waals surface area contributed by atoms with Gasteiger partial charge in [-0.15, -0.1) is 11.3 Å². The second-order valence-corrected chi connectivity index (χ2v) is 13.9. The van der Waals surface area contributed by atoms with E-state index in [0.717, 1.165) is 67.7 Å². The number of thiophene rings is 1. The second kappa shape index (κ2) is 15.3. The summed E-state index contributed by atoms with van der Waals surface area (Å²) in [7, 11) is 0. The van der Waals surface area contributed by atoms with Gasteiger partial charge in [-0.05, 0) is 78.9 Å². The Hall–Kier alpha value is -3.36. The van der Waals surface area contributed by atoms with Gasteiger partial charge >= 0.3 is 0 Å². The van der Waals surface area contributed by atoms with E-state index < -0.39 is 0 Å². The Morgan fingerprint density at radius 2 is 1.76 bits per heavy atom. The lowest BCUT2D eigenvalue weighted by atomic mass is 9.89. The number of carbonyl (C=O) groups is 2. The van der Waals surface area contributed by atoms with Gasteiger partial charge in [-0.1, -0.05) is 45.9 Å². The van der Waals surface area contributed by atoms with Crippen molar-refractivity contribution < 1.29 is 14.0 Å². The molecule has 3 heterocycles. The van der Waals surface area contributed by atoms with Crippen LogP contribution in [0.1, 0.15) is 92.5 Å². The van der Waals surface area contributed by atoms with Crippen LogP contribution in [0.3, 0.4) is 0 Å². The third-order valence-electron chi connectivity index (χ3n) is 9.06. The van der Waals surface area contributed by atoms with Crippen molar-refractivity contribution in [1.82, 2.24) is 19.4 Å². The Balaban J connectivity index is 1.30. The van der Waals surface area contributed by atoms with E-state index in [4.69, 9.17) is 4.98 Å². The SMILES string of the molecule is CCC(CC)n1c(Cc2cccs2)nc2cc(C(=O)C[C@@H](CC(C)C)C(=O)N3CCCN(Cc4ccc(F)cc4)CC3)ccc21. The van der Waals surface area contributed by atoms with E-state index in [9.17, 15) is 14.0 Å². The molecule has 4 aromatic rings. The number of imidazole rings is 1. The van der Waals surface area contributed by atoms with Crippen LogP contribution in [0.15, 0.2) is 60.0 Å². The van der Waals surface area contributed by atoms with Gasteiger partial charge in [0.1, 0.15) is 11.6 Å². The van der Waals surface area contributed by atoms with Gasteiger partial charge in [-0.25, -0.2) is 9.37 Å². The fourth-order valence-electron chi connectivity index (χ4n) is 6.71. The highest BCUT2D eigenvalue weighted by atomic mass is 32.1. The molecule has 8 heteroatoms. The van der Waals surface area contributed by atoms with Crippen LogP contribution in [0.2, 0.25) is 0 Å². The number of nitrogens with zero attached hydrogens (tertiary/aromatic N) is 4. The summed E-state index contributed by atoms with van der Waals surface area (Å²) in [5, 5.41) is 2.10. The summed E-state index contributed by atoms with van der Waals surface area (Å²) < 4.78 is 15.7. The van der Waals surface area contributed by atoms with E-state index in [2.05, 4.69) is 60.7 Å². The van der Waals surface area contributed by atoms with Crippen LogP contribution >= 0.6 is 11.3 Å². The van der Waals surface area contributed by atoms with Crippen LogP contribution in [-0.2, 0) is 17.8 Å². The Bertz CT molecular complexity index is 1560. The summed E-state index contributed by atoms with van der Waals surface area (Å²) >= 11 is 1.74. The number of benzene rings is 2. The zero-order chi connectivity index (χ0) is 31.9. The van der Waals surface area contributed by atoms with Crippen molar-refractivity contribution in [3.63, 3.8) is 0 Å². The summed E-state index contributed by atoms with van der Waals surface area (Å²) in [4.78, 5) is 38.3. The standard InChI is InChI=1S/C37H47FN4O2S/c1-5-31(6-2)42-34-15-12-28(22-33(34)39-36(42)24-32-9-7-20-45-32)35(43)23-29(21-26(3)4)37(44)41-17-8-16-40(18-19-41)25-27-10-13-30(38)14-11-27/h7,9-15,20,22,26,29,31H,5-6,8,16-19,21,23-25H2,1-4H3/t29-/m1/s1. The molecule has 1 aliphatic rings. The van der Waals surface area contributed by atoms with Crippen molar-refractivity contribution in [3.05, 3.63) is 87.6 Å². The number of carbonyl (C=O) groups excluding carboxylic acids is 2. The van der Waals surface area contributed by atoms with Gasteiger partial charge in [0.25, 0.3) is 0 Å². The third kappa shape index (κ3) is 8.27. The molecule has 45 heavy (non-hydrogen) atoms. The number of hydrogen-bond donors (Lipinski definition) is 0. The molecule has 5 rings (SSSR count). The van der Waals surface area contributed by atoms with Crippen LogP contribution in [0.25, 0.3) is 11.0 Å². The molecule has 0 saturated carbocycles. The topological polar surface area (TPSA) is 58.4 Å². The molecule has 2 aromatic heterocycles. The molecule has 1 saturated heterocycles. The summed E-state index contributed by atoms with van der Waals surface area (Å²) in [6.07, 6.45) is 4.55. The van der Waals surface area contributed by atoms with Gasteiger partial charge in [-0.2, -0.15) is 0 Å². The van der Waals surface area contributed by atoms with E-state index in [1.807, 2.05) is 29.2 Å². The van der Waals surface area contributed by atoms with Crippen LogP contribution in [-0.4, -0.2) is 57.2 Å². The highest BCUT2D eigenvalue weighted by molar-refractivity contribution is 7.09. The highest BCUT2D eigenvalue weighted by Crippen LogP contribution is 2.30. The average Bonchev–Trinajstić information content (AvgIpc) is 3.60. The zero-order valence-corrected chi connectivity index (χ0v) is 28.0. The molecule has 0 spiro atoms. The number of rotatable bonds is 13. The van der Waals surface area contributed by atoms with Crippen LogP contribution in [0.4, 0.5) is 4.39 Å². The van der Waals surface area contributed by atoms with E-state index >= 15 is 0 Å². The summed E-state index contributed by atoms with van der Waals surface area (Å²) in [6.45, 7) is 12.4. The first-order valence-corrected chi connectivity index (χ1v) is 17.5. The molecular formula is C37H47FN4O2S. The lowest BCUT2D eigenvalue weighted by Crippen LogP contribution is -2.40. The molecule has 0 aliphatic carbocycles. The molecule has 1 atom stereocenters. The number of amides is 1. The molecule has 0 N–H and O–H groups in total. The van der Waals surface area contributed by atoms with Crippen molar-refractivity contribution in [2.45, 2.75) is 78.8 Å². The lowest BCUT2D eigenvalue weighted by Gasteiger charge is -2.27. The Morgan fingerprint density at radius 3 is 2.44 bits per heavy atom. The van der Waals surface area contributed by atoms with E-state index in [1.54, 1.807) is 11.3 Å². The van der Waals surface area contributed by atoms with Crippen molar-refractivity contribution in [1.29, 1.82) is 0 Å². The van der Waals surface area contributed by atoms with Gasteiger partial charge in [0, 0.05) is 68.0 Å². The third-order valence-corrected chi connectivity index (χ3v) is 9.94. The molecule has 240 valence electrons. The smallest absolute Gasteiger partial charge is 0.226 e. The quantitative estimate of drug-likeness (QED) is 0.140. The van der Waals surface area contributed by atoms with Gasteiger partial charge < -0.3 is 9.47 Å². The molecule has 2 aromatic carbocycles. The number of halogens is 1. The van der Waals surface area contributed by atoms with E-state index in [-0.39, 0.29) is 29.8 Å². The van der Waals surface area contributed by atoms with Crippen LogP contribution in [0, 0.1) is 17.7 Å². The molecule has 1 amide bonds. The van der Waals surface area contributed by atoms with Gasteiger partial charge in [0.2, 0.25) is 5.91 Å². The molecule has 0 radical (unpaired) electrons.